The Bertz CT molecular complexity index is 1370. The lowest BCUT2D eigenvalue weighted by Gasteiger charge is -2.39. The van der Waals surface area contributed by atoms with E-state index < -0.39 is 95.7 Å². The summed E-state index contributed by atoms with van der Waals surface area (Å²) in [5.41, 5.74) is 2.06. The number of ketones is 3. The molecule has 0 aromatic heterocycles. The van der Waals surface area contributed by atoms with Gasteiger partial charge in [0.1, 0.15) is 29.5 Å². The molecule has 0 fully saturated rings. The molecule has 216 valence electrons. The van der Waals surface area contributed by atoms with Crippen molar-refractivity contribution in [2.24, 2.45) is 5.73 Å². The number of methoxy groups -OCH3 is 1. The Balaban J connectivity index is 1.87. The molecule has 0 bridgehead atoms. The van der Waals surface area contributed by atoms with Gasteiger partial charge in [0, 0.05) is 35.6 Å². The SMILES string of the molecule is COc1cccc2c1C(=O)c1c(O)c3c(c(O)c1C2=O)C[C@@](O)(C(=O)CO)C[C@@H]3OC(C)O[C@@H](C)[C@H](O)[C@H](C)N. The number of phenols is 2. The van der Waals surface area contributed by atoms with Gasteiger partial charge in [-0.25, -0.2) is 0 Å². The zero-order valence-electron chi connectivity index (χ0n) is 22.5. The van der Waals surface area contributed by atoms with Crippen LogP contribution in [0.5, 0.6) is 17.2 Å². The maximum Gasteiger partial charge on any atom is 0.202 e. The second-order valence-electron chi connectivity index (χ2n) is 10.3. The number of rotatable bonds is 9. The minimum atomic E-state index is -2.25. The van der Waals surface area contributed by atoms with Gasteiger partial charge in [0.15, 0.2) is 17.9 Å². The number of aliphatic hydroxyl groups excluding tert-OH is 2. The monoisotopic (exact) mass is 559 g/mol. The molecule has 2 aliphatic rings. The largest absolute Gasteiger partial charge is 0.507 e. The molecule has 0 amide bonds. The van der Waals surface area contributed by atoms with Gasteiger partial charge in [-0.15, -0.1) is 0 Å². The third-order valence-electron chi connectivity index (χ3n) is 7.52. The summed E-state index contributed by atoms with van der Waals surface area (Å²) >= 11 is 0. The number of carbonyl (C=O) groups is 3. The number of fused-ring (bicyclic) bond motifs is 3. The van der Waals surface area contributed by atoms with Crippen molar-refractivity contribution in [3.8, 4) is 17.2 Å². The summed E-state index contributed by atoms with van der Waals surface area (Å²) in [5, 5.41) is 53.7. The van der Waals surface area contributed by atoms with E-state index in [9.17, 15) is 39.9 Å². The van der Waals surface area contributed by atoms with E-state index in [1.807, 2.05) is 0 Å². The van der Waals surface area contributed by atoms with Crippen molar-refractivity contribution in [2.75, 3.05) is 13.7 Å². The molecule has 2 aliphatic carbocycles. The highest BCUT2D eigenvalue weighted by atomic mass is 16.7. The maximum atomic E-state index is 13.6. The number of nitrogens with two attached hydrogens (primary N) is 1. The average molecular weight is 560 g/mol. The van der Waals surface area contributed by atoms with Crippen LogP contribution >= 0.6 is 0 Å². The van der Waals surface area contributed by atoms with Crippen LogP contribution in [0.2, 0.25) is 0 Å². The third kappa shape index (κ3) is 4.76. The van der Waals surface area contributed by atoms with Crippen molar-refractivity contribution in [3.63, 3.8) is 0 Å². The smallest absolute Gasteiger partial charge is 0.202 e. The van der Waals surface area contributed by atoms with E-state index in [-0.39, 0.29) is 28.0 Å². The topological polar surface area (TPSA) is 206 Å². The van der Waals surface area contributed by atoms with E-state index in [2.05, 4.69) is 0 Å². The number of aliphatic hydroxyl groups is 3. The first kappa shape index (κ1) is 29.6. The van der Waals surface area contributed by atoms with Crippen LogP contribution in [0.1, 0.15) is 76.3 Å². The van der Waals surface area contributed by atoms with Gasteiger partial charge in [-0.05, 0) is 26.8 Å². The predicted octanol–water partition coefficient (Wildman–Crippen LogP) is 0.637. The molecule has 40 heavy (non-hydrogen) atoms. The van der Waals surface area contributed by atoms with Gasteiger partial charge < -0.3 is 45.5 Å². The number of ether oxygens (including phenoxy) is 3. The third-order valence-corrected chi connectivity index (χ3v) is 7.52. The van der Waals surface area contributed by atoms with Crippen molar-refractivity contribution >= 4 is 17.3 Å². The van der Waals surface area contributed by atoms with Crippen molar-refractivity contribution in [2.45, 2.75) is 69.9 Å². The first-order chi connectivity index (χ1) is 18.8. The molecule has 2 aromatic carbocycles. The lowest BCUT2D eigenvalue weighted by molar-refractivity contribution is -0.212. The first-order valence-electron chi connectivity index (χ1n) is 12.8. The molecule has 7 N–H and O–H groups in total. The van der Waals surface area contributed by atoms with Crippen molar-refractivity contribution in [1.29, 1.82) is 0 Å². The van der Waals surface area contributed by atoms with Crippen LogP contribution in [0.15, 0.2) is 18.2 Å². The van der Waals surface area contributed by atoms with Crippen molar-refractivity contribution in [3.05, 3.63) is 51.6 Å². The quantitative estimate of drug-likeness (QED) is 0.158. The molecule has 1 unspecified atom stereocenters. The van der Waals surface area contributed by atoms with Crippen LogP contribution in [0.3, 0.4) is 0 Å². The number of Topliss-reactive ketones (excluding diaryl/α,β-unsaturated/α-hetero) is 1. The highest BCUT2D eigenvalue weighted by Crippen LogP contribution is 2.52. The summed E-state index contributed by atoms with van der Waals surface area (Å²) in [6.45, 7) is 3.59. The second kappa shape index (κ2) is 10.9. The highest BCUT2D eigenvalue weighted by Gasteiger charge is 2.49. The standard InChI is InChI=1S/C28H33NO11/c1-11(29)23(32)12(2)39-13(3)40-17-9-28(37,18(31)10-30)8-15-20(17)27(36)22-21(25(15)34)24(33)14-6-5-7-16(38-4)19(14)26(22)35/h5-7,11-13,17,23,30,32,34,36-37H,8-10,29H2,1-4H3/t11-,12-,13?,17-,23+,28-/m0/s1. The van der Waals surface area contributed by atoms with Crippen LogP contribution < -0.4 is 10.5 Å². The van der Waals surface area contributed by atoms with Gasteiger partial charge in [0.2, 0.25) is 5.78 Å². The molecule has 6 atom stereocenters. The van der Waals surface area contributed by atoms with E-state index in [4.69, 9.17) is 19.9 Å². The highest BCUT2D eigenvalue weighted by molar-refractivity contribution is 6.31. The van der Waals surface area contributed by atoms with E-state index in [0.717, 1.165) is 0 Å². The van der Waals surface area contributed by atoms with Crippen LogP contribution in [0, 0.1) is 0 Å². The summed E-state index contributed by atoms with van der Waals surface area (Å²) in [5.74, 6) is -3.80. The molecule has 4 rings (SSSR count). The fourth-order valence-electron chi connectivity index (χ4n) is 5.47. The summed E-state index contributed by atoms with van der Waals surface area (Å²) < 4.78 is 16.9. The van der Waals surface area contributed by atoms with Gasteiger partial charge in [-0.2, -0.15) is 0 Å². The predicted molar refractivity (Wildman–Crippen MR) is 138 cm³/mol. The maximum absolute atomic E-state index is 13.6. The van der Waals surface area contributed by atoms with Gasteiger partial charge in [-0.1, -0.05) is 12.1 Å². The fraction of sp³-hybridized carbons (Fsp3) is 0.464. The van der Waals surface area contributed by atoms with E-state index in [0.29, 0.717) is 0 Å². The fourth-order valence-corrected chi connectivity index (χ4v) is 5.47. The minimum absolute atomic E-state index is 0.0551. The summed E-state index contributed by atoms with van der Waals surface area (Å²) in [6, 6.07) is 3.73. The Labute approximate surface area is 229 Å². The molecule has 0 heterocycles. The molecule has 12 heteroatoms. The minimum Gasteiger partial charge on any atom is -0.507 e. The average Bonchev–Trinajstić information content (AvgIpc) is 2.91. The van der Waals surface area contributed by atoms with Gasteiger partial charge in [0.25, 0.3) is 0 Å². The van der Waals surface area contributed by atoms with E-state index >= 15 is 0 Å². The molecular weight excluding hydrogens is 526 g/mol. The zero-order valence-corrected chi connectivity index (χ0v) is 22.5. The Morgan fingerprint density at radius 2 is 1.75 bits per heavy atom. The van der Waals surface area contributed by atoms with E-state index in [1.54, 1.807) is 13.8 Å². The Morgan fingerprint density at radius 1 is 1.10 bits per heavy atom. The normalized spacial score (nSPS) is 22.9. The number of aromatic hydroxyl groups is 2. The lowest BCUT2D eigenvalue weighted by Crippen LogP contribution is -2.48. The number of phenolic OH excluding ortho intramolecular Hbond substituents is 2. The van der Waals surface area contributed by atoms with Gasteiger partial charge in [0.05, 0.1) is 42.1 Å². The van der Waals surface area contributed by atoms with Crippen molar-refractivity contribution in [1.82, 2.24) is 0 Å². The van der Waals surface area contributed by atoms with Crippen LogP contribution in [-0.4, -0.2) is 86.7 Å². The molecule has 0 spiro atoms. The molecule has 0 saturated carbocycles. The van der Waals surface area contributed by atoms with E-state index in [1.165, 1.54) is 32.2 Å². The van der Waals surface area contributed by atoms with Crippen LogP contribution in [0.4, 0.5) is 0 Å². The Hall–Kier alpha value is -3.39. The van der Waals surface area contributed by atoms with Crippen LogP contribution in [-0.2, 0) is 20.7 Å². The summed E-state index contributed by atoms with van der Waals surface area (Å²) in [6.07, 6.45) is -5.37. The van der Waals surface area contributed by atoms with Crippen LogP contribution in [0.25, 0.3) is 0 Å². The zero-order chi connectivity index (χ0) is 29.7. The molecule has 0 radical (unpaired) electrons. The summed E-state index contributed by atoms with van der Waals surface area (Å²) in [4.78, 5) is 39.7. The first-order valence-corrected chi connectivity index (χ1v) is 12.8. The Morgan fingerprint density at radius 3 is 2.35 bits per heavy atom. The summed E-state index contributed by atoms with van der Waals surface area (Å²) in [7, 11) is 1.32. The molecule has 2 aromatic rings. The van der Waals surface area contributed by atoms with Crippen molar-refractivity contribution < 1.29 is 54.1 Å². The second-order valence-corrected chi connectivity index (χ2v) is 10.3. The number of benzene rings is 2. The lowest BCUT2D eigenvalue weighted by atomic mass is 9.72. The number of hydrogen-bond acceptors (Lipinski definition) is 12. The van der Waals surface area contributed by atoms with Gasteiger partial charge in [-0.3, -0.25) is 14.4 Å². The molecule has 0 saturated heterocycles. The Kier molecular flexibility index (Phi) is 8.05. The number of carbonyl (C=O) groups excluding carboxylic acids is 3. The van der Waals surface area contributed by atoms with Gasteiger partial charge >= 0.3 is 0 Å². The molecular formula is C28H33NO11. The molecule has 0 aliphatic heterocycles. The molecule has 12 nitrogen and oxygen atoms in total. The number of hydrogen-bond donors (Lipinski definition) is 6.